The predicted octanol–water partition coefficient (Wildman–Crippen LogP) is 2.58. The summed E-state index contributed by atoms with van der Waals surface area (Å²) in [5.41, 5.74) is 1.82. The van der Waals surface area contributed by atoms with Gasteiger partial charge in [-0.05, 0) is 30.7 Å². The molecule has 0 aromatic carbocycles. The number of aromatic nitrogens is 3. The highest BCUT2D eigenvalue weighted by molar-refractivity contribution is 5.99. The maximum atomic E-state index is 12.9. The van der Waals surface area contributed by atoms with Gasteiger partial charge in [-0.2, -0.15) is 5.10 Å². The monoisotopic (exact) mass is 357 g/mol. The molecule has 0 unspecified atom stereocenters. The SMILES string of the molecule is CNC(=O)c1cnn2c([C@H]3CCCCN3C(=O)CC(C)(C)C)ccnc12. The van der Waals surface area contributed by atoms with Crippen molar-refractivity contribution in [2.75, 3.05) is 13.6 Å². The van der Waals surface area contributed by atoms with Gasteiger partial charge in [0, 0.05) is 26.2 Å². The fourth-order valence-corrected chi connectivity index (χ4v) is 3.55. The van der Waals surface area contributed by atoms with Gasteiger partial charge in [0.25, 0.3) is 5.91 Å². The summed E-state index contributed by atoms with van der Waals surface area (Å²) >= 11 is 0. The molecule has 2 aromatic heterocycles. The zero-order chi connectivity index (χ0) is 18.9. The van der Waals surface area contributed by atoms with E-state index in [0.717, 1.165) is 31.5 Å². The van der Waals surface area contributed by atoms with Gasteiger partial charge in [-0.3, -0.25) is 9.59 Å². The van der Waals surface area contributed by atoms with Gasteiger partial charge in [-0.15, -0.1) is 0 Å². The number of likely N-dealkylation sites (tertiary alicyclic amines) is 1. The normalized spacial score (nSPS) is 18.2. The minimum Gasteiger partial charge on any atom is -0.355 e. The second kappa shape index (κ2) is 7.05. The van der Waals surface area contributed by atoms with Gasteiger partial charge >= 0.3 is 0 Å². The van der Waals surface area contributed by atoms with E-state index in [1.807, 2.05) is 11.0 Å². The van der Waals surface area contributed by atoms with Crippen molar-refractivity contribution in [3.63, 3.8) is 0 Å². The van der Waals surface area contributed by atoms with Gasteiger partial charge in [-0.1, -0.05) is 20.8 Å². The van der Waals surface area contributed by atoms with Crippen molar-refractivity contribution in [1.29, 1.82) is 0 Å². The van der Waals surface area contributed by atoms with Gasteiger partial charge in [0.1, 0.15) is 5.56 Å². The average Bonchev–Trinajstić information content (AvgIpc) is 3.03. The van der Waals surface area contributed by atoms with Gasteiger partial charge in [0.15, 0.2) is 5.65 Å². The Morgan fingerprint density at radius 2 is 2.08 bits per heavy atom. The summed E-state index contributed by atoms with van der Waals surface area (Å²) in [5.74, 6) is -0.0418. The Morgan fingerprint density at radius 1 is 1.31 bits per heavy atom. The summed E-state index contributed by atoms with van der Waals surface area (Å²) in [4.78, 5) is 31.3. The van der Waals surface area contributed by atoms with Crippen molar-refractivity contribution >= 4 is 17.5 Å². The lowest BCUT2D eigenvalue weighted by molar-refractivity contribution is -0.137. The number of carbonyl (C=O) groups is 2. The number of hydrogen-bond donors (Lipinski definition) is 1. The van der Waals surface area contributed by atoms with Crippen LogP contribution in [0.1, 0.15) is 68.5 Å². The number of nitrogens with zero attached hydrogens (tertiary/aromatic N) is 4. The Bertz CT molecular complexity index is 821. The van der Waals surface area contributed by atoms with Gasteiger partial charge in [0.05, 0.1) is 17.9 Å². The van der Waals surface area contributed by atoms with Crippen LogP contribution in [-0.2, 0) is 4.79 Å². The summed E-state index contributed by atoms with van der Waals surface area (Å²) in [6.45, 7) is 7.00. The molecule has 0 aliphatic carbocycles. The Labute approximate surface area is 153 Å². The minimum atomic E-state index is -0.214. The van der Waals surface area contributed by atoms with Crippen LogP contribution in [-0.4, -0.2) is 44.9 Å². The summed E-state index contributed by atoms with van der Waals surface area (Å²) in [6.07, 6.45) is 6.72. The zero-order valence-corrected chi connectivity index (χ0v) is 16.0. The molecule has 0 radical (unpaired) electrons. The third-order valence-corrected chi connectivity index (χ3v) is 4.75. The maximum Gasteiger partial charge on any atom is 0.256 e. The largest absolute Gasteiger partial charge is 0.355 e. The first-order chi connectivity index (χ1) is 12.3. The van der Waals surface area contributed by atoms with E-state index in [2.05, 4.69) is 36.2 Å². The molecule has 26 heavy (non-hydrogen) atoms. The molecule has 3 rings (SSSR count). The number of amides is 2. The van der Waals surface area contributed by atoms with Crippen LogP contribution in [0.4, 0.5) is 0 Å². The highest BCUT2D eigenvalue weighted by atomic mass is 16.2. The molecule has 1 aliphatic heterocycles. The van der Waals surface area contributed by atoms with Crippen LogP contribution in [0.15, 0.2) is 18.5 Å². The van der Waals surface area contributed by atoms with Crippen LogP contribution in [0.25, 0.3) is 5.65 Å². The van der Waals surface area contributed by atoms with E-state index in [-0.39, 0.29) is 23.3 Å². The lowest BCUT2D eigenvalue weighted by atomic mass is 9.90. The Balaban J connectivity index is 1.99. The molecule has 0 spiro atoms. The van der Waals surface area contributed by atoms with Crippen molar-refractivity contribution < 1.29 is 9.59 Å². The molecular weight excluding hydrogens is 330 g/mol. The van der Waals surface area contributed by atoms with Crippen molar-refractivity contribution in [3.05, 3.63) is 29.7 Å². The van der Waals surface area contributed by atoms with Crippen molar-refractivity contribution in [1.82, 2.24) is 24.8 Å². The number of hydrogen-bond acceptors (Lipinski definition) is 4. The molecule has 1 aliphatic rings. The van der Waals surface area contributed by atoms with Crippen LogP contribution in [0.3, 0.4) is 0 Å². The van der Waals surface area contributed by atoms with Crippen LogP contribution in [0.2, 0.25) is 0 Å². The maximum absolute atomic E-state index is 12.9. The average molecular weight is 357 g/mol. The fraction of sp³-hybridized carbons (Fsp3) is 0.579. The quantitative estimate of drug-likeness (QED) is 0.916. The zero-order valence-electron chi connectivity index (χ0n) is 16.0. The first-order valence-electron chi connectivity index (χ1n) is 9.16. The standard InChI is InChI=1S/C19H27N5O2/c1-19(2,3)11-16(25)23-10-6-5-7-14(23)15-8-9-21-17-13(18(26)20-4)12-22-24(15)17/h8-9,12,14H,5-7,10-11H2,1-4H3,(H,20,26)/t14-/m1/s1. The second-order valence-corrected chi connectivity index (χ2v) is 8.08. The predicted molar refractivity (Wildman–Crippen MR) is 98.8 cm³/mol. The number of piperidine rings is 1. The number of carbonyl (C=O) groups excluding carboxylic acids is 2. The van der Waals surface area contributed by atoms with Gasteiger partial charge in [-0.25, -0.2) is 9.50 Å². The first-order valence-corrected chi connectivity index (χ1v) is 9.16. The van der Waals surface area contributed by atoms with Crippen molar-refractivity contribution in [3.8, 4) is 0 Å². The Morgan fingerprint density at radius 3 is 2.77 bits per heavy atom. The Kier molecular flexibility index (Phi) is 4.98. The van der Waals surface area contributed by atoms with E-state index in [9.17, 15) is 9.59 Å². The molecule has 0 saturated carbocycles. The molecule has 1 N–H and O–H groups in total. The number of rotatable bonds is 3. The van der Waals surface area contributed by atoms with Crippen LogP contribution in [0, 0.1) is 5.41 Å². The lowest BCUT2D eigenvalue weighted by Gasteiger charge is -2.37. The van der Waals surface area contributed by atoms with E-state index in [1.54, 1.807) is 17.8 Å². The van der Waals surface area contributed by atoms with Crippen LogP contribution >= 0.6 is 0 Å². The molecule has 140 valence electrons. The summed E-state index contributed by atoms with van der Waals surface area (Å²) in [7, 11) is 1.59. The highest BCUT2D eigenvalue weighted by Crippen LogP contribution is 2.33. The fourth-order valence-electron chi connectivity index (χ4n) is 3.55. The molecule has 2 amide bonds. The molecule has 7 heteroatoms. The third-order valence-electron chi connectivity index (χ3n) is 4.75. The molecule has 3 heterocycles. The van der Waals surface area contributed by atoms with E-state index in [1.165, 1.54) is 6.20 Å². The van der Waals surface area contributed by atoms with Crippen molar-refractivity contribution in [2.24, 2.45) is 5.41 Å². The van der Waals surface area contributed by atoms with E-state index in [4.69, 9.17) is 0 Å². The molecule has 1 atom stereocenters. The topological polar surface area (TPSA) is 79.6 Å². The smallest absolute Gasteiger partial charge is 0.256 e. The van der Waals surface area contributed by atoms with Crippen LogP contribution < -0.4 is 5.32 Å². The summed E-state index contributed by atoms with van der Waals surface area (Å²) in [5, 5.41) is 7.00. The minimum absolute atomic E-state index is 0.0402. The van der Waals surface area contributed by atoms with Gasteiger partial charge < -0.3 is 10.2 Å². The number of fused-ring (bicyclic) bond motifs is 1. The Hall–Kier alpha value is -2.44. The van der Waals surface area contributed by atoms with Gasteiger partial charge in [0.2, 0.25) is 5.91 Å². The molecule has 1 fully saturated rings. The summed E-state index contributed by atoms with van der Waals surface area (Å²) < 4.78 is 1.71. The molecular formula is C19H27N5O2. The third kappa shape index (κ3) is 3.57. The highest BCUT2D eigenvalue weighted by Gasteiger charge is 2.32. The first kappa shape index (κ1) is 18.4. The molecule has 7 nitrogen and oxygen atoms in total. The second-order valence-electron chi connectivity index (χ2n) is 8.08. The lowest BCUT2D eigenvalue weighted by Crippen LogP contribution is -2.40. The molecule has 2 aromatic rings. The van der Waals surface area contributed by atoms with Crippen molar-refractivity contribution in [2.45, 2.75) is 52.5 Å². The van der Waals surface area contributed by atoms with E-state index >= 15 is 0 Å². The molecule has 0 bridgehead atoms. The number of nitrogens with one attached hydrogen (secondary N) is 1. The van der Waals surface area contributed by atoms with E-state index in [0.29, 0.717) is 17.6 Å². The van der Waals surface area contributed by atoms with Crippen LogP contribution in [0.5, 0.6) is 0 Å². The van der Waals surface area contributed by atoms with E-state index < -0.39 is 0 Å². The molecule has 1 saturated heterocycles. The summed E-state index contributed by atoms with van der Waals surface area (Å²) in [6, 6.07) is 1.86.